The van der Waals surface area contributed by atoms with E-state index in [2.05, 4.69) is 10.9 Å². The van der Waals surface area contributed by atoms with Crippen LogP contribution in [0.4, 0.5) is 0 Å². The van der Waals surface area contributed by atoms with Crippen molar-refractivity contribution in [1.29, 1.82) is 0 Å². The molecule has 2 amide bonds. The molecule has 0 unspecified atom stereocenters. The first-order chi connectivity index (χ1) is 11.5. The summed E-state index contributed by atoms with van der Waals surface area (Å²) in [5.74, 6) is -1.30. The monoisotopic (exact) mass is 342 g/mol. The third kappa shape index (κ3) is 3.28. The average Bonchev–Trinajstić information content (AvgIpc) is 2.59. The summed E-state index contributed by atoms with van der Waals surface area (Å²) in [6.45, 7) is 0. The molecule has 0 aliphatic rings. The Morgan fingerprint density at radius 2 is 1.58 bits per heavy atom. The fourth-order valence-electron chi connectivity index (χ4n) is 2.07. The van der Waals surface area contributed by atoms with Crippen LogP contribution in [0.1, 0.15) is 20.7 Å². The van der Waals surface area contributed by atoms with Gasteiger partial charge in [-0.05, 0) is 36.4 Å². The quantitative estimate of drug-likeness (QED) is 0.553. The van der Waals surface area contributed by atoms with Crippen molar-refractivity contribution in [2.24, 2.45) is 0 Å². The second kappa shape index (κ2) is 6.55. The number of carbonyl (C=O) groups is 2. The number of benzene rings is 2. The maximum atomic E-state index is 12.1. The van der Waals surface area contributed by atoms with E-state index in [1.807, 2.05) is 0 Å². The van der Waals surface area contributed by atoms with Crippen LogP contribution in [0.25, 0.3) is 11.0 Å². The standard InChI is InChI=1S/C17H11ClN2O4/c18-12-7-5-10(6-8-12)15(21)19-20-16(22)13-9-11-3-1-2-4-14(11)24-17(13)23/h1-9H,(H,19,21)(H,20,22). The van der Waals surface area contributed by atoms with Crippen LogP contribution in [-0.4, -0.2) is 11.8 Å². The summed E-state index contributed by atoms with van der Waals surface area (Å²) < 4.78 is 5.07. The maximum absolute atomic E-state index is 12.1. The molecule has 1 aromatic heterocycles. The van der Waals surface area contributed by atoms with Crippen molar-refractivity contribution in [2.45, 2.75) is 0 Å². The third-order valence-corrected chi connectivity index (χ3v) is 3.53. The van der Waals surface area contributed by atoms with Crippen molar-refractivity contribution >= 4 is 34.4 Å². The molecule has 0 spiro atoms. The number of hydrogen-bond donors (Lipinski definition) is 2. The first-order valence-corrected chi connectivity index (χ1v) is 7.31. The van der Waals surface area contributed by atoms with Crippen LogP contribution >= 0.6 is 11.6 Å². The highest BCUT2D eigenvalue weighted by Crippen LogP contribution is 2.12. The molecule has 120 valence electrons. The molecule has 1 heterocycles. The van der Waals surface area contributed by atoms with Crippen LogP contribution in [0.15, 0.2) is 63.8 Å². The Hall–Kier alpha value is -3.12. The van der Waals surface area contributed by atoms with Gasteiger partial charge >= 0.3 is 5.63 Å². The number of rotatable bonds is 2. The SMILES string of the molecule is O=C(NNC(=O)c1cc2ccccc2oc1=O)c1ccc(Cl)cc1. The molecule has 0 saturated carbocycles. The van der Waals surface area contributed by atoms with Gasteiger partial charge in [-0.25, -0.2) is 4.79 Å². The fraction of sp³-hybridized carbons (Fsp3) is 0. The molecule has 0 aliphatic heterocycles. The molecule has 0 saturated heterocycles. The maximum Gasteiger partial charge on any atom is 0.349 e. The average molecular weight is 343 g/mol. The van der Waals surface area contributed by atoms with Gasteiger partial charge in [-0.2, -0.15) is 0 Å². The van der Waals surface area contributed by atoms with Crippen LogP contribution in [0.5, 0.6) is 0 Å². The van der Waals surface area contributed by atoms with Gasteiger partial charge in [-0.3, -0.25) is 20.4 Å². The highest BCUT2D eigenvalue weighted by molar-refractivity contribution is 6.30. The van der Waals surface area contributed by atoms with Crippen LogP contribution < -0.4 is 16.5 Å². The first-order valence-electron chi connectivity index (χ1n) is 6.94. The van der Waals surface area contributed by atoms with E-state index in [9.17, 15) is 14.4 Å². The summed E-state index contributed by atoms with van der Waals surface area (Å²) in [5, 5.41) is 1.09. The summed E-state index contributed by atoms with van der Waals surface area (Å²) in [4.78, 5) is 35.9. The second-order valence-corrected chi connectivity index (χ2v) is 5.34. The van der Waals surface area contributed by atoms with Crippen LogP contribution in [-0.2, 0) is 0 Å². The summed E-state index contributed by atoms with van der Waals surface area (Å²) in [6, 6.07) is 14.3. The van der Waals surface area contributed by atoms with Gasteiger partial charge in [0.25, 0.3) is 11.8 Å². The van der Waals surface area contributed by atoms with Crippen LogP contribution in [0.3, 0.4) is 0 Å². The van der Waals surface area contributed by atoms with Gasteiger partial charge in [-0.1, -0.05) is 29.8 Å². The molecular weight excluding hydrogens is 332 g/mol. The molecule has 3 rings (SSSR count). The molecule has 6 nitrogen and oxygen atoms in total. The topological polar surface area (TPSA) is 88.4 Å². The minimum absolute atomic E-state index is 0.204. The van der Waals surface area contributed by atoms with E-state index < -0.39 is 17.4 Å². The van der Waals surface area contributed by atoms with Gasteiger partial charge in [0.1, 0.15) is 11.1 Å². The Balaban J connectivity index is 1.75. The molecule has 3 aromatic rings. The Bertz CT molecular complexity index is 980. The number of nitrogens with one attached hydrogen (secondary N) is 2. The summed E-state index contributed by atoms with van der Waals surface area (Å²) in [7, 11) is 0. The lowest BCUT2D eigenvalue weighted by molar-refractivity contribution is 0.0844. The van der Waals surface area contributed by atoms with E-state index in [-0.39, 0.29) is 5.56 Å². The molecule has 2 aromatic carbocycles. The summed E-state index contributed by atoms with van der Waals surface area (Å²) >= 11 is 5.74. The molecule has 0 atom stereocenters. The van der Waals surface area contributed by atoms with Crippen molar-refractivity contribution in [3.63, 3.8) is 0 Å². The third-order valence-electron chi connectivity index (χ3n) is 3.28. The lowest BCUT2D eigenvalue weighted by atomic mass is 10.2. The van der Waals surface area contributed by atoms with Gasteiger partial charge in [-0.15, -0.1) is 0 Å². The molecule has 0 fully saturated rings. The number of halogens is 1. The lowest BCUT2D eigenvalue weighted by Gasteiger charge is -2.07. The smallest absolute Gasteiger partial charge is 0.349 e. The van der Waals surface area contributed by atoms with E-state index in [1.54, 1.807) is 36.4 Å². The van der Waals surface area contributed by atoms with E-state index in [0.717, 1.165) is 0 Å². The highest BCUT2D eigenvalue weighted by Gasteiger charge is 2.14. The number of para-hydroxylation sites is 1. The zero-order valence-corrected chi connectivity index (χ0v) is 13.0. The lowest BCUT2D eigenvalue weighted by Crippen LogP contribution is -2.43. The Kier molecular flexibility index (Phi) is 4.31. The Labute approximate surface area is 141 Å². The van der Waals surface area contributed by atoms with Gasteiger partial charge < -0.3 is 4.42 Å². The Morgan fingerprint density at radius 3 is 2.33 bits per heavy atom. The number of hydrogen-bond acceptors (Lipinski definition) is 4. The largest absolute Gasteiger partial charge is 0.422 e. The van der Waals surface area contributed by atoms with E-state index in [4.69, 9.17) is 16.0 Å². The predicted octanol–water partition coefficient (Wildman–Crippen LogP) is 2.52. The van der Waals surface area contributed by atoms with Crippen molar-refractivity contribution < 1.29 is 14.0 Å². The molecular formula is C17H11ClN2O4. The van der Waals surface area contributed by atoms with Crippen molar-refractivity contribution in [3.05, 3.63) is 81.2 Å². The van der Waals surface area contributed by atoms with Crippen molar-refractivity contribution in [3.8, 4) is 0 Å². The zero-order valence-electron chi connectivity index (χ0n) is 12.2. The molecule has 0 bridgehead atoms. The first kappa shape index (κ1) is 15.8. The zero-order chi connectivity index (χ0) is 17.1. The highest BCUT2D eigenvalue weighted by atomic mass is 35.5. The van der Waals surface area contributed by atoms with E-state index in [1.165, 1.54) is 18.2 Å². The van der Waals surface area contributed by atoms with Crippen LogP contribution in [0.2, 0.25) is 5.02 Å². The van der Waals surface area contributed by atoms with E-state index in [0.29, 0.717) is 21.6 Å². The van der Waals surface area contributed by atoms with E-state index >= 15 is 0 Å². The number of carbonyl (C=O) groups excluding carboxylic acids is 2. The number of fused-ring (bicyclic) bond motifs is 1. The Morgan fingerprint density at radius 1 is 0.917 bits per heavy atom. The van der Waals surface area contributed by atoms with Crippen molar-refractivity contribution in [2.75, 3.05) is 0 Å². The van der Waals surface area contributed by atoms with Gasteiger partial charge in [0, 0.05) is 16.0 Å². The minimum Gasteiger partial charge on any atom is -0.422 e. The van der Waals surface area contributed by atoms with Gasteiger partial charge in [0.15, 0.2) is 0 Å². The summed E-state index contributed by atoms with van der Waals surface area (Å²) in [6.07, 6.45) is 0. The number of hydrazine groups is 1. The summed E-state index contributed by atoms with van der Waals surface area (Å²) in [5.41, 5.74) is 4.12. The molecule has 0 radical (unpaired) electrons. The molecule has 0 aliphatic carbocycles. The van der Waals surface area contributed by atoms with Crippen LogP contribution in [0, 0.1) is 0 Å². The van der Waals surface area contributed by atoms with Gasteiger partial charge in [0.05, 0.1) is 0 Å². The molecule has 24 heavy (non-hydrogen) atoms. The predicted molar refractivity (Wildman–Crippen MR) is 88.9 cm³/mol. The normalized spacial score (nSPS) is 10.4. The minimum atomic E-state index is -0.785. The molecule has 2 N–H and O–H groups in total. The van der Waals surface area contributed by atoms with Crippen molar-refractivity contribution in [1.82, 2.24) is 10.9 Å². The molecule has 7 heteroatoms. The van der Waals surface area contributed by atoms with Gasteiger partial charge in [0.2, 0.25) is 0 Å². The second-order valence-electron chi connectivity index (χ2n) is 4.90. The fourth-order valence-corrected chi connectivity index (χ4v) is 2.20. The number of amides is 2.